The van der Waals surface area contributed by atoms with Crippen molar-refractivity contribution in [3.63, 3.8) is 0 Å². The summed E-state index contributed by atoms with van der Waals surface area (Å²) in [6, 6.07) is 0.407. The van der Waals surface area contributed by atoms with E-state index in [4.69, 9.17) is 0 Å². The molecule has 0 aromatic rings. The predicted octanol–water partition coefficient (Wildman–Crippen LogP) is 1.27. The summed E-state index contributed by atoms with van der Waals surface area (Å²) in [5.74, 6) is 0.749. The summed E-state index contributed by atoms with van der Waals surface area (Å²) in [7, 11) is -2.86. The Bertz CT molecular complexity index is 383. The number of hydrogen-bond donors (Lipinski definition) is 1. The Balaban J connectivity index is 1.74. The third-order valence-electron chi connectivity index (χ3n) is 4.74. The molecule has 3 unspecified atom stereocenters. The number of sulfone groups is 1. The summed E-state index contributed by atoms with van der Waals surface area (Å²) in [5, 5.41) is 3.50. The average molecular weight is 288 g/mol. The number of likely N-dealkylation sites (tertiary alicyclic amines) is 1. The minimum Gasteiger partial charge on any atom is -0.314 e. The molecule has 2 aliphatic rings. The van der Waals surface area contributed by atoms with Crippen LogP contribution in [0.3, 0.4) is 0 Å². The van der Waals surface area contributed by atoms with Gasteiger partial charge in [0.25, 0.3) is 0 Å². The van der Waals surface area contributed by atoms with Crippen LogP contribution in [0.1, 0.15) is 39.0 Å². The van der Waals surface area contributed by atoms with E-state index in [-0.39, 0.29) is 5.25 Å². The average Bonchev–Trinajstić information content (AvgIpc) is 2.84. The maximum atomic E-state index is 11.6. The highest BCUT2D eigenvalue weighted by Gasteiger charge is 2.29. The molecule has 1 aliphatic heterocycles. The van der Waals surface area contributed by atoms with Crippen LogP contribution in [-0.2, 0) is 9.84 Å². The molecule has 2 rings (SSSR count). The summed E-state index contributed by atoms with van der Waals surface area (Å²) in [6.07, 6.45) is 6.50. The Hall–Kier alpha value is -0.130. The molecule has 0 radical (unpaired) electrons. The minimum atomic E-state index is -2.86. The van der Waals surface area contributed by atoms with Gasteiger partial charge in [-0.2, -0.15) is 0 Å². The first-order chi connectivity index (χ1) is 8.99. The van der Waals surface area contributed by atoms with Crippen LogP contribution in [0.2, 0.25) is 0 Å². The maximum absolute atomic E-state index is 11.6. The molecule has 0 aromatic carbocycles. The highest BCUT2D eigenvalue weighted by atomic mass is 32.2. The van der Waals surface area contributed by atoms with Crippen molar-refractivity contribution in [2.45, 2.75) is 50.3 Å². The second kappa shape index (κ2) is 6.55. The third-order valence-corrected chi connectivity index (χ3v) is 6.38. The SMILES string of the molecule is CCN1CCC(CNC2CCCC(S(C)(=O)=O)C2)C1. The minimum absolute atomic E-state index is 0.116. The largest absolute Gasteiger partial charge is 0.314 e. The van der Waals surface area contributed by atoms with Gasteiger partial charge in [-0.25, -0.2) is 8.42 Å². The lowest BCUT2D eigenvalue weighted by molar-refractivity contribution is 0.320. The first-order valence-corrected chi connectivity index (χ1v) is 9.59. The Kier molecular flexibility index (Phi) is 5.26. The van der Waals surface area contributed by atoms with Gasteiger partial charge in [0.15, 0.2) is 0 Å². The van der Waals surface area contributed by atoms with Crippen molar-refractivity contribution in [2.24, 2.45) is 5.92 Å². The van der Waals surface area contributed by atoms with Crippen molar-refractivity contribution in [3.05, 3.63) is 0 Å². The zero-order chi connectivity index (χ0) is 13.9. The van der Waals surface area contributed by atoms with E-state index in [0.29, 0.717) is 6.04 Å². The van der Waals surface area contributed by atoms with Gasteiger partial charge in [0, 0.05) is 18.8 Å². The fraction of sp³-hybridized carbons (Fsp3) is 1.00. The van der Waals surface area contributed by atoms with Gasteiger partial charge in [-0.15, -0.1) is 0 Å². The van der Waals surface area contributed by atoms with Gasteiger partial charge in [0.05, 0.1) is 5.25 Å². The molecule has 1 heterocycles. The van der Waals surface area contributed by atoms with Crippen LogP contribution < -0.4 is 5.32 Å². The van der Waals surface area contributed by atoms with Gasteiger partial charge in [-0.05, 0) is 51.2 Å². The molecular weight excluding hydrogens is 260 g/mol. The summed E-state index contributed by atoms with van der Waals surface area (Å²) in [5.41, 5.74) is 0. The first kappa shape index (κ1) is 15.3. The fourth-order valence-corrected chi connectivity index (χ4v) is 4.60. The van der Waals surface area contributed by atoms with Crippen LogP contribution in [0.15, 0.2) is 0 Å². The van der Waals surface area contributed by atoms with Crippen molar-refractivity contribution in [1.29, 1.82) is 0 Å². The summed E-state index contributed by atoms with van der Waals surface area (Å²) in [6.45, 7) is 6.84. The van der Waals surface area contributed by atoms with Crippen LogP contribution in [0, 0.1) is 5.92 Å². The standard InChI is InChI=1S/C14H28N2O2S/c1-3-16-8-7-12(11-16)10-15-13-5-4-6-14(9-13)19(2,17)18/h12-15H,3-11H2,1-2H3. The van der Waals surface area contributed by atoms with E-state index in [1.165, 1.54) is 25.8 Å². The van der Waals surface area contributed by atoms with E-state index in [1.54, 1.807) is 0 Å². The van der Waals surface area contributed by atoms with Crippen LogP contribution in [-0.4, -0.2) is 57.0 Å². The Morgan fingerprint density at radius 3 is 2.68 bits per heavy atom. The van der Waals surface area contributed by atoms with Crippen molar-refractivity contribution in [3.8, 4) is 0 Å². The van der Waals surface area contributed by atoms with E-state index < -0.39 is 9.84 Å². The van der Waals surface area contributed by atoms with Crippen molar-refractivity contribution in [2.75, 3.05) is 32.4 Å². The molecule has 4 nitrogen and oxygen atoms in total. The molecule has 0 bridgehead atoms. The van der Waals surface area contributed by atoms with Crippen molar-refractivity contribution < 1.29 is 8.42 Å². The molecule has 112 valence electrons. The molecule has 19 heavy (non-hydrogen) atoms. The number of hydrogen-bond acceptors (Lipinski definition) is 4. The molecule has 2 fully saturated rings. The summed E-state index contributed by atoms with van der Waals surface area (Å²) >= 11 is 0. The normalized spacial score (nSPS) is 33.7. The molecule has 1 aliphatic carbocycles. The predicted molar refractivity (Wildman–Crippen MR) is 79.1 cm³/mol. The van der Waals surface area contributed by atoms with Gasteiger partial charge in [-0.1, -0.05) is 13.3 Å². The van der Waals surface area contributed by atoms with Gasteiger partial charge in [0.1, 0.15) is 9.84 Å². The van der Waals surface area contributed by atoms with E-state index in [2.05, 4.69) is 17.1 Å². The number of nitrogens with zero attached hydrogens (tertiary/aromatic N) is 1. The van der Waals surface area contributed by atoms with Crippen LogP contribution in [0.25, 0.3) is 0 Å². The van der Waals surface area contributed by atoms with Crippen LogP contribution >= 0.6 is 0 Å². The van der Waals surface area contributed by atoms with Crippen LogP contribution in [0.5, 0.6) is 0 Å². The van der Waals surface area contributed by atoms with Crippen molar-refractivity contribution >= 4 is 9.84 Å². The Morgan fingerprint density at radius 1 is 1.26 bits per heavy atom. The first-order valence-electron chi connectivity index (χ1n) is 7.63. The molecule has 0 amide bonds. The lowest BCUT2D eigenvalue weighted by Gasteiger charge is -2.29. The molecule has 0 spiro atoms. The summed E-state index contributed by atoms with van der Waals surface area (Å²) < 4.78 is 23.3. The lowest BCUT2D eigenvalue weighted by atomic mass is 9.94. The highest BCUT2D eigenvalue weighted by Crippen LogP contribution is 2.24. The topological polar surface area (TPSA) is 49.4 Å². The third kappa shape index (κ3) is 4.43. The zero-order valence-electron chi connectivity index (χ0n) is 12.3. The van der Waals surface area contributed by atoms with E-state index in [1.807, 2.05) is 0 Å². The molecular formula is C14H28N2O2S. The molecule has 0 aromatic heterocycles. The van der Waals surface area contributed by atoms with Crippen molar-refractivity contribution in [1.82, 2.24) is 10.2 Å². The van der Waals surface area contributed by atoms with Crippen LogP contribution in [0.4, 0.5) is 0 Å². The number of nitrogens with one attached hydrogen (secondary N) is 1. The quantitative estimate of drug-likeness (QED) is 0.828. The second-order valence-corrected chi connectivity index (χ2v) is 8.60. The Labute approximate surface area is 117 Å². The second-order valence-electron chi connectivity index (χ2n) is 6.27. The molecule has 3 atom stereocenters. The zero-order valence-corrected chi connectivity index (χ0v) is 13.1. The van der Waals surface area contributed by atoms with Gasteiger partial charge in [0.2, 0.25) is 0 Å². The molecule has 1 saturated carbocycles. The van der Waals surface area contributed by atoms with Gasteiger partial charge >= 0.3 is 0 Å². The maximum Gasteiger partial charge on any atom is 0.150 e. The number of rotatable bonds is 5. The lowest BCUT2D eigenvalue weighted by Crippen LogP contribution is -2.41. The molecule has 1 saturated heterocycles. The van der Waals surface area contributed by atoms with Gasteiger partial charge in [-0.3, -0.25) is 0 Å². The Morgan fingerprint density at radius 2 is 2.05 bits per heavy atom. The monoisotopic (exact) mass is 288 g/mol. The fourth-order valence-electron chi connectivity index (χ4n) is 3.42. The van der Waals surface area contributed by atoms with E-state index >= 15 is 0 Å². The molecule has 5 heteroatoms. The summed E-state index contributed by atoms with van der Waals surface area (Å²) in [4.78, 5) is 2.49. The van der Waals surface area contributed by atoms with E-state index in [0.717, 1.165) is 44.7 Å². The van der Waals surface area contributed by atoms with Gasteiger partial charge < -0.3 is 10.2 Å². The smallest absolute Gasteiger partial charge is 0.150 e. The highest BCUT2D eigenvalue weighted by molar-refractivity contribution is 7.91. The van der Waals surface area contributed by atoms with E-state index in [9.17, 15) is 8.42 Å². The molecule has 1 N–H and O–H groups in total.